The molecule has 27 heavy (non-hydrogen) atoms. The third-order valence-corrected chi connectivity index (χ3v) is 4.37. The minimum atomic E-state index is -0.591. The van der Waals surface area contributed by atoms with Crippen LogP contribution >= 0.6 is 0 Å². The first-order valence-electron chi connectivity index (χ1n) is 8.53. The largest absolute Gasteiger partial charge is 0.393 e. The number of hydrogen-bond donors (Lipinski definition) is 3. The van der Waals surface area contributed by atoms with Crippen LogP contribution in [0.3, 0.4) is 0 Å². The van der Waals surface area contributed by atoms with Gasteiger partial charge in [-0.05, 0) is 13.0 Å². The number of hydrazine groups is 1. The molecule has 2 aromatic rings. The van der Waals surface area contributed by atoms with Crippen LogP contribution in [0.15, 0.2) is 18.2 Å². The molecule has 1 unspecified atom stereocenters. The summed E-state index contributed by atoms with van der Waals surface area (Å²) in [5, 5.41) is 1.38. The van der Waals surface area contributed by atoms with Crippen molar-refractivity contribution in [3.05, 3.63) is 41.2 Å². The maximum absolute atomic E-state index is 13.9. The molecule has 0 bridgehead atoms. The number of aromatic nitrogens is 2. The summed E-state index contributed by atoms with van der Waals surface area (Å²) in [4.78, 5) is 10.3. The second-order valence-electron chi connectivity index (χ2n) is 6.51. The quantitative estimate of drug-likeness (QED) is 0.516. The van der Waals surface area contributed by atoms with Crippen LogP contribution in [-0.4, -0.2) is 47.2 Å². The van der Waals surface area contributed by atoms with E-state index in [9.17, 15) is 8.78 Å². The fourth-order valence-corrected chi connectivity index (χ4v) is 3.04. The first-order chi connectivity index (χ1) is 12.8. The van der Waals surface area contributed by atoms with E-state index in [0.717, 1.165) is 6.07 Å². The van der Waals surface area contributed by atoms with Gasteiger partial charge in [0.25, 0.3) is 0 Å². The Labute approximate surface area is 155 Å². The van der Waals surface area contributed by atoms with Gasteiger partial charge >= 0.3 is 0 Å². The van der Waals surface area contributed by atoms with E-state index in [1.54, 1.807) is 6.92 Å². The van der Waals surface area contributed by atoms with E-state index < -0.39 is 11.6 Å². The molecule has 1 atom stereocenters. The average molecular weight is 379 g/mol. The molecule has 0 saturated carbocycles. The van der Waals surface area contributed by atoms with Gasteiger partial charge in [0, 0.05) is 31.3 Å². The van der Waals surface area contributed by atoms with Crippen LogP contribution in [0.25, 0.3) is 0 Å². The molecule has 8 nitrogen and oxygen atoms in total. The van der Waals surface area contributed by atoms with Crippen molar-refractivity contribution in [3.63, 3.8) is 0 Å². The summed E-state index contributed by atoms with van der Waals surface area (Å²) in [5.74, 6) is 5.94. The van der Waals surface area contributed by atoms with Crippen LogP contribution < -0.4 is 22.3 Å². The highest BCUT2D eigenvalue weighted by molar-refractivity contribution is 5.73. The van der Waals surface area contributed by atoms with E-state index in [0.29, 0.717) is 50.0 Å². The molecule has 0 amide bonds. The van der Waals surface area contributed by atoms with Crippen LogP contribution in [0.1, 0.15) is 11.4 Å². The lowest BCUT2D eigenvalue weighted by Crippen LogP contribution is -2.49. The van der Waals surface area contributed by atoms with E-state index in [-0.39, 0.29) is 17.6 Å². The molecule has 0 aliphatic carbocycles. The van der Waals surface area contributed by atoms with Crippen molar-refractivity contribution in [3.8, 4) is 0 Å². The number of benzene rings is 1. The fourth-order valence-electron chi connectivity index (χ4n) is 3.04. The van der Waals surface area contributed by atoms with E-state index in [2.05, 4.69) is 9.97 Å². The third-order valence-electron chi connectivity index (χ3n) is 4.37. The van der Waals surface area contributed by atoms with Crippen molar-refractivity contribution < 1.29 is 13.5 Å². The van der Waals surface area contributed by atoms with Gasteiger partial charge in [-0.1, -0.05) is 6.07 Å². The van der Waals surface area contributed by atoms with Gasteiger partial charge in [0.15, 0.2) is 11.6 Å². The Morgan fingerprint density at radius 3 is 2.81 bits per heavy atom. The normalized spacial score (nSPS) is 17.9. The smallest absolute Gasteiger partial charge is 0.171 e. The summed E-state index contributed by atoms with van der Waals surface area (Å²) in [6.45, 7) is 4.02. The SMILES string of the molecule is Cc1nc(N)c(N)c(N(N)CC2CN(Cc3ccc(F)cc3F)CCO2)n1. The summed E-state index contributed by atoms with van der Waals surface area (Å²) >= 11 is 0. The Balaban J connectivity index is 1.64. The number of nitrogen functional groups attached to an aromatic ring is 2. The number of ether oxygens (including phenoxy) is 1. The summed E-state index contributed by atoms with van der Waals surface area (Å²) in [7, 11) is 0. The summed E-state index contributed by atoms with van der Waals surface area (Å²) in [6.07, 6.45) is -0.233. The minimum absolute atomic E-state index is 0.172. The Morgan fingerprint density at radius 2 is 2.07 bits per heavy atom. The molecular formula is C17H23F2N7O. The predicted molar refractivity (Wildman–Crippen MR) is 98.5 cm³/mol. The fraction of sp³-hybridized carbons (Fsp3) is 0.412. The summed E-state index contributed by atoms with van der Waals surface area (Å²) < 4.78 is 32.7. The molecule has 2 heterocycles. The molecular weight excluding hydrogens is 356 g/mol. The number of aryl methyl sites for hydroxylation is 1. The lowest BCUT2D eigenvalue weighted by molar-refractivity contribution is -0.0272. The van der Waals surface area contributed by atoms with Crippen LogP contribution in [0, 0.1) is 18.6 Å². The number of halogens is 2. The molecule has 0 spiro atoms. The zero-order valence-electron chi connectivity index (χ0n) is 15.0. The van der Waals surface area contributed by atoms with Gasteiger partial charge in [-0.2, -0.15) is 0 Å². The van der Waals surface area contributed by atoms with Gasteiger partial charge in [0.1, 0.15) is 23.1 Å². The number of nitrogens with zero attached hydrogens (tertiary/aromatic N) is 4. The zero-order chi connectivity index (χ0) is 19.6. The maximum Gasteiger partial charge on any atom is 0.171 e. The van der Waals surface area contributed by atoms with Gasteiger partial charge in [-0.3, -0.25) is 9.91 Å². The van der Waals surface area contributed by atoms with Crippen molar-refractivity contribution in [2.24, 2.45) is 5.84 Å². The molecule has 1 aliphatic heterocycles. The van der Waals surface area contributed by atoms with Gasteiger partial charge in [0.05, 0.1) is 19.3 Å². The van der Waals surface area contributed by atoms with Crippen LogP contribution in [-0.2, 0) is 11.3 Å². The first kappa shape index (κ1) is 19.2. The highest BCUT2D eigenvalue weighted by Crippen LogP contribution is 2.24. The summed E-state index contributed by atoms with van der Waals surface area (Å²) in [5.41, 5.74) is 12.3. The van der Waals surface area contributed by atoms with Gasteiger partial charge in [-0.15, -0.1) is 0 Å². The second-order valence-corrected chi connectivity index (χ2v) is 6.51. The molecule has 0 radical (unpaired) electrons. The molecule has 10 heteroatoms. The van der Waals surface area contributed by atoms with Gasteiger partial charge < -0.3 is 16.2 Å². The summed E-state index contributed by atoms with van der Waals surface area (Å²) in [6, 6.07) is 3.60. The lowest BCUT2D eigenvalue weighted by atomic mass is 10.1. The zero-order valence-corrected chi connectivity index (χ0v) is 15.0. The highest BCUT2D eigenvalue weighted by Gasteiger charge is 2.24. The van der Waals surface area contributed by atoms with E-state index >= 15 is 0 Å². The standard InChI is InChI=1S/C17H23F2N7O/c1-10-23-16(21)15(20)17(24-10)26(22)9-13-8-25(4-5-27-13)7-11-2-3-12(18)6-14(11)19/h2-3,6,13H,4-5,7-9,20,22H2,1H3,(H2,21,23,24). The van der Waals surface area contributed by atoms with Crippen molar-refractivity contribution in [2.45, 2.75) is 19.6 Å². The maximum atomic E-state index is 13.9. The molecule has 3 rings (SSSR count). The van der Waals surface area contributed by atoms with Crippen molar-refractivity contribution in [2.75, 3.05) is 42.7 Å². The number of nitrogens with two attached hydrogens (primary N) is 3. The molecule has 1 aliphatic rings. The predicted octanol–water partition coefficient (Wildman–Crippen LogP) is 0.809. The van der Waals surface area contributed by atoms with Crippen LogP contribution in [0.4, 0.5) is 26.1 Å². The Kier molecular flexibility index (Phi) is 5.68. The minimum Gasteiger partial charge on any atom is -0.393 e. The first-order valence-corrected chi connectivity index (χ1v) is 8.53. The number of rotatable bonds is 5. The van der Waals surface area contributed by atoms with Crippen molar-refractivity contribution in [1.29, 1.82) is 0 Å². The molecule has 146 valence electrons. The highest BCUT2D eigenvalue weighted by atomic mass is 19.1. The van der Waals surface area contributed by atoms with Crippen LogP contribution in [0.5, 0.6) is 0 Å². The van der Waals surface area contributed by atoms with E-state index in [1.807, 2.05) is 4.90 Å². The van der Waals surface area contributed by atoms with E-state index in [1.165, 1.54) is 17.1 Å². The second kappa shape index (κ2) is 7.99. The Bertz CT molecular complexity index is 820. The molecule has 1 saturated heterocycles. The molecule has 1 aromatic carbocycles. The number of morpholine rings is 1. The van der Waals surface area contributed by atoms with Gasteiger partial charge in [0.2, 0.25) is 0 Å². The number of anilines is 3. The molecule has 1 fully saturated rings. The molecule has 6 N–H and O–H groups in total. The van der Waals surface area contributed by atoms with Crippen molar-refractivity contribution >= 4 is 17.3 Å². The van der Waals surface area contributed by atoms with E-state index in [4.69, 9.17) is 22.0 Å². The Morgan fingerprint density at radius 1 is 1.30 bits per heavy atom. The Hall–Kier alpha value is -2.56. The van der Waals surface area contributed by atoms with Crippen LogP contribution in [0.2, 0.25) is 0 Å². The monoisotopic (exact) mass is 379 g/mol. The lowest BCUT2D eigenvalue weighted by Gasteiger charge is -2.35. The van der Waals surface area contributed by atoms with Crippen molar-refractivity contribution in [1.82, 2.24) is 14.9 Å². The topological polar surface area (TPSA) is 120 Å². The molecule has 1 aromatic heterocycles. The third kappa shape index (κ3) is 4.59. The number of hydrogen-bond acceptors (Lipinski definition) is 8. The van der Waals surface area contributed by atoms with Gasteiger partial charge in [-0.25, -0.2) is 24.6 Å². The average Bonchev–Trinajstić information content (AvgIpc) is 2.61.